The fourth-order valence-corrected chi connectivity index (χ4v) is 4.53. The average molecular weight is 351 g/mol. The number of fused-ring (bicyclic) bond motifs is 5. The van der Waals surface area contributed by atoms with Crippen LogP contribution in [0.5, 0.6) is 0 Å². The van der Waals surface area contributed by atoms with Crippen molar-refractivity contribution >= 4 is 27.2 Å². The van der Waals surface area contributed by atoms with Gasteiger partial charge in [0.05, 0.1) is 18.1 Å². The maximum atomic E-state index is 6.03. The Labute approximate surface area is 148 Å². The van der Waals surface area contributed by atoms with E-state index < -0.39 is 0 Å². The molecule has 5 rings (SSSR count). The highest BCUT2D eigenvalue weighted by atomic mass is 32.1. The molecule has 0 fully saturated rings. The molecule has 6 nitrogen and oxygen atoms in total. The number of hydrogen-bond acceptors (Lipinski definition) is 6. The van der Waals surface area contributed by atoms with Crippen molar-refractivity contribution in [3.63, 3.8) is 0 Å². The predicted octanol–water partition coefficient (Wildman–Crippen LogP) is 3.50. The summed E-state index contributed by atoms with van der Waals surface area (Å²) in [5, 5.41) is 13.5. The third kappa shape index (κ3) is 2.26. The van der Waals surface area contributed by atoms with Gasteiger partial charge in [-0.3, -0.25) is 0 Å². The van der Waals surface area contributed by atoms with E-state index in [1.807, 2.05) is 30.3 Å². The van der Waals surface area contributed by atoms with Gasteiger partial charge in [-0.1, -0.05) is 44.2 Å². The highest BCUT2D eigenvalue weighted by Gasteiger charge is 2.28. The van der Waals surface area contributed by atoms with Crippen LogP contribution in [0.3, 0.4) is 0 Å². The molecular formula is C18H17N5OS. The maximum absolute atomic E-state index is 6.03. The van der Waals surface area contributed by atoms with Gasteiger partial charge in [-0.2, -0.15) is 4.52 Å². The number of tetrazole rings is 1. The molecule has 25 heavy (non-hydrogen) atoms. The molecule has 3 aromatic heterocycles. The van der Waals surface area contributed by atoms with Crippen molar-refractivity contribution in [3.8, 4) is 11.4 Å². The Bertz CT molecular complexity index is 1070. The van der Waals surface area contributed by atoms with Crippen LogP contribution in [0.25, 0.3) is 27.3 Å². The first-order chi connectivity index (χ1) is 12.2. The van der Waals surface area contributed by atoms with E-state index in [4.69, 9.17) is 9.72 Å². The lowest BCUT2D eigenvalue weighted by molar-refractivity contribution is 0.00203. The van der Waals surface area contributed by atoms with E-state index in [0.717, 1.165) is 33.7 Å². The number of ether oxygens (including phenoxy) is 1. The summed E-state index contributed by atoms with van der Waals surface area (Å²) in [6.07, 6.45) is 1.12. The largest absolute Gasteiger partial charge is 0.372 e. The first kappa shape index (κ1) is 14.9. The summed E-state index contributed by atoms with van der Waals surface area (Å²) in [6.45, 7) is 5.04. The van der Waals surface area contributed by atoms with Gasteiger partial charge < -0.3 is 4.74 Å². The van der Waals surface area contributed by atoms with E-state index in [1.54, 1.807) is 15.9 Å². The molecule has 0 N–H and O–H groups in total. The second kappa shape index (κ2) is 5.57. The highest BCUT2D eigenvalue weighted by molar-refractivity contribution is 7.19. The Morgan fingerprint density at radius 1 is 1.24 bits per heavy atom. The minimum Gasteiger partial charge on any atom is -0.372 e. The molecular weight excluding hydrogens is 334 g/mol. The summed E-state index contributed by atoms with van der Waals surface area (Å²) in [5.41, 5.74) is 3.09. The Morgan fingerprint density at radius 2 is 2.08 bits per heavy atom. The lowest BCUT2D eigenvalue weighted by Gasteiger charge is -2.26. The molecule has 0 aliphatic carbocycles. The van der Waals surface area contributed by atoms with Crippen molar-refractivity contribution in [1.29, 1.82) is 0 Å². The first-order valence-electron chi connectivity index (χ1n) is 8.41. The van der Waals surface area contributed by atoms with Gasteiger partial charge >= 0.3 is 0 Å². The van der Waals surface area contributed by atoms with Crippen molar-refractivity contribution in [3.05, 3.63) is 40.8 Å². The van der Waals surface area contributed by atoms with Crippen LogP contribution in [-0.2, 0) is 17.8 Å². The van der Waals surface area contributed by atoms with Crippen LogP contribution in [0, 0.1) is 5.92 Å². The summed E-state index contributed by atoms with van der Waals surface area (Å²) in [4.78, 5) is 7.13. The van der Waals surface area contributed by atoms with Gasteiger partial charge in [0.1, 0.15) is 4.83 Å². The third-order valence-electron chi connectivity index (χ3n) is 4.78. The Morgan fingerprint density at radius 3 is 2.88 bits per heavy atom. The molecule has 1 atom stereocenters. The van der Waals surface area contributed by atoms with E-state index in [9.17, 15) is 0 Å². The summed E-state index contributed by atoms with van der Waals surface area (Å²) >= 11 is 1.70. The van der Waals surface area contributed by atoms with Gasteiger partial charge in [-0.15, -0.1) is 16.4 Å². The molecule has 7 heteroatoms. The van der Waals surface area contributed by atoms with Gasteiger partial charge in [0, 0.05) is 16.9 Å². The van der Waals surface area contributed by atoms with Gasteiger partial charge in [0.2, 0.25) is 0 Å². The fourth-order valence-electron chi connectivity index (χ4n) is 3.41. The summed E-state index contributed by atoms with van der Waals surface area (Å²) < 4.78 is 7.78. The molecule has 126 valence electrons. The van der Waals surface area contributed by atoms with Crippen LogP contribution >= 0.6 is 11.3 Å². The number of thiophene rings is 1. The van der Waals surface area contributed by atoms with Crippen LogP contribution in [0.15, 0.2) is 30.3 Å². The Kier molecular flexibility index (Phi) is 3.33. The molecule has 1 aliphatic heterocycles. The van der Waals surface area contributed by atoms with E-state index in [1.165, 1.54) is 10.4 Å². The van der Waals surface area contributed by atoms with Gasteiger partial charge in [-0.25, -0.2) is 4.98 Å². The van der Waals surface area contributed by atoms with E-state index in [0.29, 0.717) is 12.5 Å². The standard InChI is InChI=1S/C18H17N5OS/c1-10(2)13-8-12-14(9-24-13)25-18-15(12)17-20-21-22-23(17)16(19-18)11-6-4-3-5-7-11/h3-7,10,13H,8-9H2,1-2H3/t13-/m1/s1. The SMILES string of the molecule is CC(C)[C@H]1Cc2c(sc3nc(-c4ccccc4)n4nnnc4c23)CO1. The molecule has 4 heterocycles. The van der Waals surface area contributed by atoms with Crippen molar-refractivity contribution < 1.29 is 4.74 Å². The normalized spacial score (nSPS) is 17.5. The zero-order valence-electron chi connectivity index (χ0n) is 14.0. The van der Waals surface area contributed by atoms with Crippen molar-refractivity contribution in [2.45, 2.75) is 33.0 Å². The van der Waals surface area contributed by atoms with Crippen LogP contribution in [-0.4, -0.2) is 31.1 Å². The van der Waals surface area contributed by atoms with Gasteiger partial charge in [0.25, 0.3) is 0 Å². The zero-order chi connectivity index (χ0) is 17.0. The summed E-state index contributed by atoms with van der Waals surface area (Å²) in [6, 6.07) is 10.0. The second-order valence-corrected chi connectivity index (χ2v) is 7.78. The molecule has 0 amide bonds. The number of rotatable bonds is 2. The summed E-state index contributed by atoms with van der Waals surface area (Å²) in [7, 11) is 0. The molecule has 0 bridgehead atoms. The Hall–Kier alpha value is -2.38. The predicted molar refractivity (Wildman–Crippen MR) is 96.5 cm³/mol. The number of hydrogen-bond donors (Lipinski definition) is 0. The van der Waals surface area contributed by atoms with Crippen molar-refractivity contribution in [1.82, 2.24) is 25.0 Å². The fraction of sp³-hybridized carbons (Fsp3) is 0.333. The molecule has 1 aliphatic rings. The lowest BCUT2D eigenvalue weighted by Crippen LogP contribution is -2.26. The smallest absolute Gasteiger partial charge is 0.192 e. The number of benzene rings is 1. The lowest BCUT2D eigenvalue weighted by atomic mass is 9.96. The van der Waals surface area contributed by atoms with Crippen LogP contribution in [0.2, 0.25) is 0 Å². The second-order valence-electron chi connectivity index (χ2n) is 6.70. The molecule has 4 aromatic rings. The third-order valence-corrected chi connectivity index (χ3v) is 5.88. The molecule has 0 saturated heterocycles. The zero-order valence-corrected chi connectivity index (χ0v) is 14.8. The summed E-state index contributed by atoms with van der Waals surface area (Å²) in [5.74, 6) is 1.25. The van der Waals surface area contributed by atoms with Crippen LogP contribution in [0.4, 0.5) is 0 Å². The van der Waals surface area contributed by atoms with Crippen LogP contribution < -0.4 is 0 Å². The van der Waals surface area contributed by atoms with E-state index in [2.05, 4.69) is 29.4 Å². The molecule has 0 saturated carbocycles. The highest BCUT2D eigenvalue weighted by Crippen LogP contribution is 2.39. The van der Waals surface area contributed by atoms with Gasteiger partial charge in [0.15, 0.2) is 11.5 Å². The molecule has 1 aromatic carbocycles. The van der Waals surface area contributed by atoms with Crippen molar-refractivity contribution in [2.75, 3.05) is 0 Å². The van der Waals surface area contributed by atoms with Gasteiger partial charge in [-0.05, 0) is 21.9 Å². The topological polar surface area (TPSA) is 65.2 Å². The monoisotopic (exact) mass is 351 g/mol. The number of aromatic nitrogens is 5. The average Bonchev–Trinajstić information content (AvgIpc) is 3.24. The van der Waals surface area contributed by atoms with E-state index >= 15 is 0 Å². The van der Waals surface area contributed by atoms with Crippen LogP contribution in [0.1, 0.15) is 24.3 Å². The molecule has 0 spiro atoms. The van der Waals surface area contributed by atoms with E-state index in [-0.39, 0.29) is 6.10 Å². The minimum absolute atomic E-state index is 0.232. The minimum atomic E-state index is 0.232. The first-order valence-corrected chi connectivity index (χ1v) is 9.23. The maximum Gasteiger partial charge on any atom is 0.192 e. The molecule has 0 radical (unpaired) electrons. The quantitative estimate of drug-likeness (QED) is 0.553. The molecule has 0 unspecified atom stereocenters. The Balaban J connectivity index is 1.78. The van der Waals surface area contributed by atoms with Crippen molar-refractivity contribution in [2.24, 2.45) is 5.92 Å². The number of nitrogens with zero attached hydrogens (tertiary/aromatic N) is 5.